The molecule has 0 fully saturated rings. The molecule has 0 aromatic heterocycles. The minimum atomic E-state index is 0.160. The van der Waals surface area contributed by atoms with Gasteiger partial charge in [0.05, 0.1) is 13.2 Å². The third-order valence-corrected chi connectivity index (χ3v) is 1.89. The van der Waals surface area contributed by atoms with E-state index in [9.17, 15) is 0 Å². The van der Waals surface area contributed by atoms with Crippen LogP contribution in [0.25, 0.3) is 0 Å². The van der Waals surface area contributed by atoms with Gasteiger partial charge < -0.3 is 5.11 Å². The van der Waals surface area contributed by atoms with E-state index in [0.717, 1.165) is 12.1 Å². The van der Waals surface area contributed by atoms with Crippen molar-refractivity contribution in [2.45, 2.75) is 19.8 Å². The molecule has 0 aliphatic heterocycles. The van der Waals surface area contributed by atoms with E-state index >= 15 is 0 Å². The Morgan fingerprint density at radius 1 is 1.73 bits per heavy atom. The van der Waals surface area contributed by atoms with E-state index in [4.69, 9.17) is 5.11 Å². The SMILES string of the molecule is CC1C=CC(=NCCO)CC1. The van der Waals surface area contributed by atoms with Gasteiger partial charge in [-0.3, -0.25) is 4.99 Å². The molecule has 0 bridgehead atoms. The molecule has 62 valence electrons. The second-order valence-electron chi connectivity index (χ2n) is 2.97. The van der Waals surface area contributed by atoms with E-state index in [1.165, 1.54) is 6.42 Å². The van der Waals surface area contributed by atoms with E-state index < -0.39 is 0 Å². The number of aliphatic hydroxyl groups is 1. The largest absolute Gasteiger partial charge is 0.394 e. The van der Waals surface area contributed by atoms with Gasteiger partial charge in [-0.05, 0) is 24.8 Å². The van der Waals surface area contributed by atoms with Crippen molar-refractivity contribution in [1.82, 2.24) is 0 Å². The molecule has 1 aliphatic carbocycles. The summed E-state index contributed by atoms with van der Waals surface area (Å²) >= 11 is 0. The van der Waals surface area contributed by atoms with Crippen molar-refractivity contribution in [1.29, 1.82) is 0 Å². The number of nitrogens with zero attached hydrogens (tertiary/aromatic N) is 1. The van der Waals surface area contributed by atoms with E-state index in [-0.39, 0.29) is 6.61 Å². The van der Waals surface area contributed by atoms with Crippen LogP contribution in [0.2, 0.25) is 0 Å². The van der Waals surface area contributed by atoms with Crippen molar-refractivity contribution in [2.24, 2.45) is 10.9 Å². The van der Waals surface area contributed by atoms with Crippen LogP contribution in [0, 0.1) is 5.92 Å². The first kappa shape index (κ1) is 8.47. The van der Waals surface area contributed by atoms with Crippen molar-refractivity contribution in [2.75, 3.05) is 13.2 Å². The Morgan fingerprint density at radius 2 is 2.55 bits per heavy atom. The molecule has 1 N–H and O–H groups in total. The van der Waals surface area contributed by atoms with Crippen LogP contribution >= 0.6 is 0 Å². The highest BCUT2D eigenvalue weighted by molar-refractivity contribution is 5.95. The number of aliphatic imine (C=N–C) groups is 1. The molecule has 0 amide bonds. The van der Waals surface area contributed by atoms with Crippen molar-refractivity contribution in [3.05, 3.63) is 12.2 Å². The Morgan fingerprint density at radius 3 is 3.09 bits per heavy atom. The molecule has 1 aliphatic rings. The Kier molecular flexibility index (Phi) is 3.30. The summed E-state index contributed by atoms with van der Waals surface area (Å²) in [7, 11) is 0. The lowest BCUT2D eigenvalue weighted by Crippen LogP contribution is -2.06. The van der Waals surface area contributed by atoms with Gasteiger partial charge >= 0.3 is 0 Å². The number of allylic oxidation sites excluding steroid dienone is 2. The molecule has 11 heavy (non-hydrogen) atoms. The van der Waals surface area contributed by atoms with E-state index in [1.807, 2.05) is 0 Å². The van der Waals surface area contributed by atoms with Crippen LogP contribution in [-0.4, -0.2) is 24.0 Å². The highest BCUT2D eigenvalue weighted by Gasteiger charge is 2.05. The molecule has 0 aromatic carbocycles. The first-order valence-electron chi connectivity index (χ1n) is 4.15. The minimum absolute atomic E-state index is 0.160. The lowest BCUT2D eigenvalue weighted by Gasteiger charge is -2.11. The maximum absolute atomic E-state index is 8.52. The van der Waals surface area contributed by atoms with Crippen LogP contribution in [0.5, 0.6) is 0 Å². The Balaban J connectivity index is 2.43. The van der Waals surface area contributed by atoms with Gasteiger partial charge in [-0.15, -0.1) is 0 Å². The maximum Gasteiger partial charge on any atom is 0.0627 e. The average Bonchev–Trinajstić information content (AvgIpc) is 2.04. The molecule has 2 heteroatoms. The average molecular weight is 153 g/mol. The zero-order chi connectivity index (χ0) is 8.10. The standard InChI is InChI=1S/C9H15NO/c1-8-2-4-9(5-3-8)10-6-7-11/h2,4,8,11H,3,5-7H2,1H3. The van der Waals surface area contributed by atoms with Gasteiger partial charge in [-0.25, -0.2) is 0 Å². The summed E-state index contributed by atoms with van der Waals surface area (Å²) < 4.78 is 0. The lowest BCUT2D eigenvalue weighted by molar-refractivity contribution is 0.307. The van der Waals surface area contributed by atoms with Crippen LogP contribution in [0.3, 0.4) is 0 Å². The van der Waals surface area contributed by atoms with Crippen LogP contribution in [-0.2, 0) is 0 Å². The predicted octanol–water partition coefficient (Wildman–Crippen LogP) is 1.41. The quantitative estimate of drug-likeness (QED) is 0.639. The molecular formula is C9H15NO. The number of hydrogen-bond acceptors (Lipinski definition) is 2. The summed E-state index contributed by atoms with van der Waals surface area (Å²) in [5.41, 5.74) is 1.14. The molecule has 0 aromatic rings. The molecular weight excluding hydrogens is 138 g/mol. The highest BCUT2D eigenvalue weighted by atomic mass is 16.3. The lowest BCUT2D eigenvalue weighted by atomic mass is 9.96. The van der Waals surface area contributed by atoms with E-state index in [2.05, 4.69) is 24.1 Å². The monoisotopic (exact) mass is 153 g/mol. The minimum Gasteiger partial charge on any atom is -0.394 e. The summed E-state index contributed by atoms with van der Waals surface area (Å²) in [5, 5.41) is 8.52. The van der Waals surface area contributed by atoms with Gasteiger partial charge in [-0.2, -0.15) is 0 Å². The third kappa shape index (κ3) is 2.85. The fourth-order valence-corrected chi connectivity index (χ4v) is 1.16. The first-order chi connectivity index (χ1) is 5.33. The van der Waals surface area contributed by atoms with E-state index in [0.29, 0.717) is 12.5 Å². The van der Waals surface area contributed by atoms with E-state index in [1.54, 1.807) is 0 Å². The number of hydrogen-bond donors (Lipinski definition) is 1. The molecule has 0 spiro atoms. The van der Waals surface area contributed by atoms with Gasteiger partial charge in [-0.1, -0.05) is 13.0 Å². The van der Waals surface area contributed by atoms with Crippen molar-refractivity contribution >= 4 is 5.71 Å². The molecule has 1 rings (SSSR count). The zero-order valence-electron chi connectivity index (χ0n) is 6.95. The normalized spacial score (nSPS) is 27.8. The fraction of sp³-hybridized carbons (Fsp3) is 0.667. The molecule has 0 radical (unpaired) electrons. The summed E-state index contributed by atoms with van der Waals surface area (Å²) in [6.45, 7) is 2.92. The predicted molar refractivity (Wildman–Crippen MR) is 46.9 cm³/mol. The summed E-state index contributed by atoms with van der Waals surface area (Å²) in [6, 6.07) is 0. The number of aliphatic hydroxyl groups excluding tert-OH is 1. The second kappa shape index (κ2) is 4.29. The Labute approximate surface area is 67.7 Å². The van der Waals surface area contributed by atoms with Crippen LogP contribution in [0.15, 0.2) is 17.1 Å². The van der Waals surface area contributed by atoms with Gasteiger partial charge in [0.2, 0.25) is 0 Å². The maximum atomic E-state index is 8.52. The topological polar surface area (TPSA) is 32.6 Å². The third-order valence-electron chi connectivity index (χ3n) is 1.89. The zero-order valence-corrected chi connectivity index (χ0v) is 6.95. The summed E-state index contributed by atoms with van der Waals surface area (Å²) in [6.07, 6.45) is 6.52. The molecule has 1 unspecified atom stereocenters. The summed E-state index contributed by atoms with van der Waals surface area (Å²) in [4.78, 5) is 4.22. The van der Waals surface area contributed by atoms with Crippen LogP contribution in [0.4, 0.5) is 0 Å². The molecule has 0 saturated carbocycles. The molecule has 2 nitrogen and oxygen atoms in total. The van der Waals surface area contributed by atoms with Crippen molar-refractivity contribution < 1.29 is 5.11 Å². The highest BCUT2D eigenvalue weighted by Crippen LogP contribution is 2.14. The Bertz CT molecular complexity index is 172. The fourth-order valence-electron chi connectivity index (χ4n) is 1.16. The van der Waals surface area contributed by atoms with Crippen LogP contribution < -0.4 is 0 Å². The molecule has 0 heterocycles. The second-order valence-corrected chi connectivity index (χ2v) is 2.97. The smallest absolute Gasteiger partial charge is 0.0627 e. The van der Waals surface area contributed by atoms with Gasteiger partial charge in [0.25, 0.3) is 0 Å². The summed E-state index contributed by atoms with van der Waals surface area (Å²) in [5.74, 6) is 0.697. The van der Waals surface area contributed by atoms with Crippen molar-refractivity contribution in [3.8, 4) is 0 Å². The van der Waals surface area contributed by atoms with Crippen LogP contribution in [0.1, 0.15) is 19.8 Å². The Hall–Kier alpha value is -0.630. The van der Waals surface area contributed by atoms with Crippen molar-refractivity contribution in [3.63, 3.8) is 0 Å². The van der Waals surface area contributed by atoms with Gasteiger partial charge in [0, 0.05) is 5.71 Å². The molecule has 0 saturated heterocycles. The molecule has 1 atom stereocenters. The van der Waals surface area contributed by atoms with Gasteiger partial charge in [0.1, 0.15) is 0 Å². The first-order valence-corrected chi connectivity index (χ1v) is 4.15. The number of rotatable bonds is 2. The van der Waals surface area contributed by atoms with Gasteiger partial charge in [0.15, 0.2) is 0 Å².